The van der Waals surface area contributed by atoms with Gasteiger partial charge in [-0.3, -0.25) is 10.1 Å². The Bertz CT molecular complexity index is 883. The molecule has 124 valence electrons. The first kappa shape index (κ1) is 15.5. The van der Waals surface area contributed by atoms with Crippen LogP contribution in [0.3, 0.4) is 0 Å². The van der Waals surface area contributed by atoms with Crippen molar-refractivity contribution in [1.29, 1.82) is 0 Å². The van der Waals surface area contributed by atoms with Crippen molar-refractivity contribution in [1.82, 2.24) is 24.9 Å². The lowest BCUT2D eigenvalue weighted by atomic mass is 10.3. The van der Waals surface area contributed by atoms with Crippen LogP contribution in [-0.4, -0.2) is 50.9 Å². The van der Waals surface area contributed by atoms with Gasteiger partial charge >= 0.3 is 6.03 Å². The standard InChI is InChI=1S/C14H15N7O3/c1-20(2)14(23)17-12-6-21(19-18-12)7-13(22)16-9-3-4-11-10(5-9)15-8-24-11/h3-6,8H,7H2,1-2H3,(H,16,22)(H,17,23). The lowest BCUT2D eigenvalue weighted by molar-refractivity contribution is -0.116. The molecule has 10 nitrogen and oxygen atoms in total. The fourth-order valence-corrected chi connectivity index (χ4v) is 1.94. The molecule has 0 aliphatic carbocycles. The molecule has 2 aromatic heterocycles. The molecule has 2 heterocycles. The van der Waals surface area contributed by atoms with Crippen LogP contribution in [0.4, 0.5) is 16.3 Å². The molecule has 3 amide bonds. The van der Waals surface area contributed by atoms with Crippen LogP contribution in [0.2, 0.25) is 0 Å². The fourth-order valence-electron chi connectivity index (χ4n) is 1.94. The zero-order chi connectivity index (χ0) is 17.1. The third-order valence-electron chi connectivity index (χ3n) is 3.10. The van der Waals surface area contributed by atoms with Gasteiger partial charge in [-0.25, -0.2) is 14.5 Å². The lowest BCUT2D eigenvalue weighted by Crippen LogP contribution is -2.27. The van der Waals surface area contributed by atoms with Gasteiger partial charge in [0.15, 0.2) is 17.8 Å². The van der Waals surface area contributed by atoms with Crippen molar-refractivity contribution in [2.45, 2.75) is 6.54 Å². The molecule has 3 rings (SSSR count). The summed E-state index contributed by atoms with van der Waals surface area (Å²) < 4.78 is 6.47. The van der Waals surface area contributed by atoms with Gasteiger partial charge in [0.25, 0.3) is 0 Å². The highest BCUT2D eigenvalue weighted by Crippen LogP contribution is 2.17. The second-order valence-corrected chi connectivity index (χ2v) is 5.21. The Kier molecular flexibility index (Phi) is 4.10. The summed E-state index contributed by atoms with van der Waals surface area (Å²) in [6, 6.07) is 4.82. The van der Waals surface area contributed by atoms with E-state index >= 15 is 0 Å². The van der Waals surface area contributed by atoms with Crippen LogP contribution in [-0.2, 0) is 11.3 Å². The molecule has 10 heteroatoms. The second kappa shape index (κ2) is 6.36. The van der Waals surface area contributed by atoms with Crippen molar-refractivity contribution in [3.8, 4) is 0 Å². The predicted octanol–water partition coefficient (Wildman–Crippen LogP) is 1.15. The summed E-state index contributed by atoms with van der Waals surface area (Å²) in [7, 11) is 3.22. The Morgan fingerprint density at radius 3 is 2.92 bits per heavy atom. The number of oxazole rings is 1. The molecule has 24 heavy (non-hydrogen) atoms. The van der Waals surface area contributed by atoms with Gasteiger partial charge in [-0.15, -0.1) is 5.10 Å². The number of urea groups is 1. The normalized spacial score (nSPS) is 10.6. The van der Waals surface area contributed by atoms with Gasteiger partial charge in [0.1, 0.15) is 12.1 Å². The van der Waals surface area contributed by atoms with Crippen LogP contribution < -0.4 is 10.6 Å². The van der Waals surface area contributed by atoms with Crippen LogP contribution >= 0.6 is 0 Å². The van der Waals surface area contributed by atoms with Gasteiger partial charge in [-0.05, 0) is 18.2 Å². The number of carbonyl (C=O) groups is 2. The number of hydrogen-bond donors (Lipinski definition) is 2. The van der Waals surface area contributed by atoms with Crippen LogP contribution in [0.1, 0.15) is 0 Å². The van der Waals surface area contributed by atoms with E-state index in [2.05, 4.69) is 25.9 Å². The van der Waals surface area contributed by atoms with E-state index in [1.165, 1.54) is 22.2 Å². The van der Waals surface area contributed by atoms with Gasteiger partial charge in [0.05, 0.1) is 6.20 Å². The third kappa shape index (κ3) is 3.48. The van der Waals surface area contributed by atoms with Crippen LogP contribution in [0, 0.1) is 0 Å². The molecule has 1 aromatic carbocycles. The number of nitrogens with one attached hydrogen (secondary N) is 2. The molecule has 2 N–H and O–H groups in total. The first-order valence-corrected chi connectivity index (χ1v) is 7.03. The number of aromatic nitrogens is 4. The lowest BCUT2D eigenvalue weighted by Gasteiger charge is -2.09. The number of fused-ring (bicyclic) bond motifs is 1. The number of benzene rings is 1. The molecule has 0 spiro atoms. The predicted molar refractivity (Wildman–Crippen MR) is 85.4 cm³/mol. The molecule has 0 saturated heterocycles. The highest BCUT2D eigenvalue weighted by atomic mass is 16.3. The number of hydrogen-bond acceptors (Lipinski definition) is 6. The molecular weight excluding hydrogens is 314 g/mol. The molecule has 0 fully saturated rings. The number of nitrogens with zero attached hydrogens (tertiary/aromatic N) is 5. The van der Waals surface area contributed by atoms with Crippen molar-refractivity contribution in [3.63, 3.8) is 0 Å². The van der Waals surface area contributed by atoms with Gasteiger partial charge in [0.2, 0.25) is 5.91 Å². The quantitative estimate of drug-likeness (QED) is 0.741. The maximum atomic E-state index is 12.1. The van der Waals surface area contributed by atoms with Gasteiger partial charge in [0, 0.05) is 19.8 Å². The Labute approximate surface area is 136 Å². The molecule has 0 aliphatic heterocycles. The van der Waals surface area contributed by atoms with Gasteiger partial charge in [-0.2, -0.15) is 0 Å². The zero-order valence-corrected chi connectivity index (χ0v) is 13.1. The Balaban J connectivity index is 1.60. The fraction of sp³-hybridized carbons (Fsp3) is 0.214. The van der Waals surface area contributed by atoms with E-state index in [9.17, 15) is 9.59 Å². The average molecular weight is 329 g/mol. The number of carbonyl (C=O) groups excluding carboxylic acids is 2. The van der Waals surface area contributed by atoms with Crippen molar-refractivity contribution in [2.24, 2.45) is 0 Å². The topological polar surface area (TPSA) is 118 Å². The second-order valence-electron chi connectivity index (χ2n) is 5.21. The Hall–Kier alpha value is -3.43. The molecular formula is C14H15N7O3. The minimum absolute atomic E-state index is 0.0400. The maximum absolute atomic E-state index is 12.1. The highest BCUT2D eigenvalue weighted by Gasteiger charge is 2.10. The first-order chi connectivity index (χ1) is 11.5. The number of anilines is 2. The van der Waals surface area contributed by atoms with Gasteiger partial charge < -0.3 is 14.6 Å². The molecule has 0 unspecified atom stereocenters. The summed E-state index contributed by atoms with van der Waals surface area (Å²) in [5.74, 6) is -0.0150. The van der Waals surface area contributed by atoms with Crippen molar-refractivity contribution < 1.29 is 14.0 Å². The molecule has 0 radical (unpaired) electrons. The minimum atomic E-state index is -0.326. The first-order valence-electron chi connectivity index (χ1n) is 7.03. The smallest absolute Gasteiger partial charge is 0.322 e. The summed E-state index contributed by atoms with van der Waals surface area (Å²) in [6.45, 7) is -0.0400. The Morgan fingerprint density at radius 1 is 1.29 bits per heavy atom. The van der Waals surface area contributed by atoms with Crippen molar-refractivity contribution >= 4 is 34.5 Å². The summed E-state index contributed by atoms with van der Waals surface area (Å²) in [5.41, 5.74) is 1.90. The summed E-state index contributed by atoms with van der Waals surface area (Å²) >= 11 is 0. The van der Waals surface area contributed by atoms with E-state index in [-0.39, 0.29) is 24.3 Å². The van der Waals surface area contributed by atoms with E-state index < -0.39 is 0 Å². The van der Waals surface area contributed by atoms with E-state index in [0.717, 1.165) is 0 Å². The van der Waals surface area contributed by atoms with Crippen LogP contribution in [0.25, 0.3) is 11.1 Å². The van der Waals surface area contributed by atoms with Crippen molar-refractivity contribution in [3.05, 3.63) is 30.8 Å². The van der Waals surface area contributed by atoms with E-state index in [1.807, 2.05) is 0 Å². The molecule has 0 saturated carbocycles. The molecule has 3 aromatic rings. The molecule has 0 bridgehead atoms. The zero-order valence-electron chi connectivity index (χ0n) is 13.1. The SMILES string of the molecule is CN(C)C(=O)Nc1cn(CC(=O)Nc2ccc3ocnc3c2)nn1. The maximum Gasteiger partial charge on any atom is 0.322 e. The van der Waals surface area contributed by atoms with Crippen molar-refractivity contribution in [2.75, 3.05) is 24.7 Å². The third-order valence-corrected chi connectivity index (χ3v) is 3.10. The number of amides is 3. The average Bonchev–Trinajstić information content (AvgIpc) is 3.15. The molecule has 0 atom stereocenters. The summed E-state index contributed by atoms with van der Waals surface area (Å²) in [5, 5.41) is 12.9. The van der Waals surface area contributed by atoms with E-state index in [1.54, 1.807) is 32.3 Å². The van der Waals surface area contributed by atoms with E-state index in [0.29, 0.717) is 16.8 Å². The Morgan fingerprint density at radius 2 is 2.12 bits per heavy atom. The largest absolute Gasteiger partial charge is 0.443 e. The minimum Gasteiger partial charge on any atom is -0.443 e. The number of rotatable bonds is 4. The summed E-state index contributed by atoms with van der Waals surface area (Å²) in [4.78, 5) is 29.0. The highest BCUT2D eigenvalue weighted by molar-refractivity contribution is 5.92. The summed E-state index contributed by atoms with van der Waals surface area (Å²) in [6.07, 6.45) is 2.82. The van der Waals surface area contributed by atoms with E-state index in [4.69, 9.17) is 4.42 Å². The van der Waals surface area contributed by atoms with Crippen LogP contribution in [0.5, 0.6) is 0 Å². The monoisotopic (exact) mass is 329 g/mol. The molecule has 0 aliphatic rings. The van der Waals surface area contributed by atoms with Crippen LogP contribution in [0.15, 0.2) is 35.2 Å². The van der Waals surface area contributed by atoms with Gasteiger partial charge in [-0.1, -0.05) is 5.21 Å².